The number of ether oxygens (including phenoxy) is 3. The Balaban J connectivity index is 1.78. The fourth-order valence-corrected chi connectivity index (χ4v) is 2.45. The van der Waals surface area contributed by atoms with Crippen LogP contribution in [-0.4, -0.2) is 24.5 Å². The lowest BCUT2D eigenvalue weighted by Gasteiger charge is -2.13. The summed E-state index contributed by atoms with van der Waals surface area (Å²) in [5.74, 6) is 0.499. The Morgan fingerprint density at radius 3 is 2.68 bits per heavy atom. The van der Waals surface area contributed by atoms with E-state index in [2.05, 4.69) is 0 Å². The molecule has 0 saturated heterocycles. The average molecular weight is 338 g/mol. The highest BCUT2D eigenvalue weighted by molar-refractivity contribution is 6.14. The minimum absolute atomic E-state index is 0.177. The van der Waals surface area contributed by atoms with E-state index in [9.17, 15) is 9.59 Å². The highest BCUT2D eigenvalue weighted by Gasteiger charge is 2.28. The van der Waals surface area contributed by atoms with Crippen molar-refractivity contribution in [2.24, 2.45) is 0 Å². The van der Waals surface area contributed by atoms with E-state index in [0.717, 1.165) is 5.56 Å². The highest BCUT2D eigenvalue weighted by Crippen LogP contribution is 2.35. The quantitative estimate of drug-likeness (QED) is 0.615. The van der Waals surface area contributed by atoms with Gasteiger partial charge in [0.15, 0.2) is 11.9 Å². The van der Waals surface area contributed by atoms with E-state index in [4.69, 9.17) is 14.2 Å². The Kier molecular flexibility index (Phi) is 4.84. The second-order valence-corrected chi connectivity index (χ2v) is 5.52. The number of carbonyl (C=O) groups is 2. The fourth-order valence-electron chi connectivity index (χ4n) is 2.45. The normalized spacial score (nSPS) is 15.4. The molecule has 0 spiro atoms. The lowest BCUT2D eigenvalue weighted by Crippen LogP contribution is -2.26. The zero-order chi connectivity index (χ0) is 17.8. The Morgan fingerprint density at radius 2 is 1.96 bits per heavy atom. The predicted octanol–water partition coefficient (Wildman–Crippen LogP) is 3.63. The molecule has 0 aliphatic carbocycles. The van der Waals surface area contributed by atoms with Crippen molar-refractivity contribution < 1.29 is 23.8 Å². The number of benzene rings is 2. The topological polar surface area (TPSA) is 61.8 Å². The molecule has 2 aromatic rings. The maximum atomic E-state index is 12.4. The molecular formula is C20H18O5. The van der Waals surface area contributed by atoms with Crippen LogP contribution in [0.4, 0.5) is 0 Å². The third-order valence-corrected chi connectivity index (χ3v) is 3.67. The fraction of sp³-hybridized carbons (Fsp3) is 0.200. The van der Waals surface area contributed by atoms with E-state index in [0.29, 0.717) is 23.7 Å². The first-order valence-electron chi connectivity index (χ1n) is 8.05. The van der Waals surface area contributed by atoms with Gasteiger partial charge in [0, 0.05) is 6.07 Å². The van der Waals surface area contributed by atoms with Crippen LogP contribution in [0, 0.1) is 0 Å². The van der Waals surface area contributed by atoms with Crippen LogP contribution in [0.1, 0.15) is 29.8 Å². The summed E-state index contributed by atoms with van der Waals surface area (Å²) in [5, 5.41) is 0. The lowest BCUT2D eigenvalue weighted by molar-refractivity contribution is -0.150. The molecule has 3 rings (SSSR count). The van der Waals surface area contributed by atoms with Gasteiger partial charge in [-0.15, -0.1) is 0 Å². The van der Waals surface area contributed by atoms with Gasteiger partial charge in [-0.05, 0) is 37.6 Å². The van der Waals surface area contributed by atoms with E-state index < -0.39 is 12.1 Å². The molecule has 2 aromatic carbocycles. The Morgan fingerprint density at radius 1 is 1.20 bits per heavy atom. The number of ketones is 1. The second kappa shape index (κ2) is 7.21. The van der Waals surface area contributed by atoms with Crippen molar-refractivity contribution in [1.82, 2.24) is 0 Å². The van der Waals surface area contributed by atoms with Crippen LogP contribution in [0.15, 0.2) is 54.3 Å². The van der Waals surface area contributed by atoms with Crippen molar-refractivity contribution >= 4 is 17.8 Å². The van der Waals surface area contributed by atoms with Gasteiger partial charge in [0.05, 0.1) is 12.2 Å². The van der Waals surface area contributed by atoms with Gasteiger partial charge in [-0.3, -0.25) is 4.79 Å². The van der Waals surface area contributed by atoms with Gasteiger partial charge in [0.25, 0.3) is 0 Å². The van der Waals surface area contributed by atoms with Crippen molar-refractivity contribution in [3.63, 3.8) is 0 Å². The average Bonchev–Trinajstić information content (AvgIpc) is 2.91. The first-order chi connectivity index (χ1) is 12.1. The molecule has 0 N–H and O–H groups in total. The monoisotopic (exact) mass is 338 g/mol. The molecule has 25 heavy (non-hydrogen) atoms. The molecule has 0 saturated carbocycles. The number of hydrogen-bond donors (Lipinski definition) is 0. The summed E-state index contributed by atoms with van der Waals surface area (Å²) in [4.78, 5) is 24.1. The second-order valence-electron chi connectivity index (χ2n) is 5.52. The molecular weight excluding hydrogens is 320 g/mol. The minimum atomic E-state index is -0.741. The molecule has 0 bridgehead atoms. The summed E-state index contributed by atoms with van der Waals surface area (Å²) in [7, 11) is 0. The third kappa shape index (κ3) is 3.71. The molecule has 0 fully saturated rings. The Hall–Kier alpha value is -3.08. The largest absolute Gasteiger partial charge is 0.479 e. The van der Waals surface area contributed by atoms with E-state index in [1.807, 2.05) is 30.3 Å². The zero-order valence-corrected chi connectivity index (χ0v) is 14.0. The summed E-state index contributed by atoms with van der Waals surface area (Å²) >= 11 is 0. The van der Waals surface area contributed by atoms with Crippen molar-refractivity contribution in [3.8, 4) is 11.5 Å². The minimum Gasteiger partial charge on any atom is -0.479 e. The molecule has 5 heteroatoms. The summed E-state index contributed by atoms with van der Waals surface area (Å²) in [5.41, 5.74) is 1.35. The first kappa shape index (κ1) is 16.8. The number of hydrogen-bond acceptors (Lipinski definition) is 5. The van der Waals surface area contributed by atoms with Gasteiger partial charge < -0.3 is 14.2 Å². The van der Waals surface area contributed by atoms with Crippen molar-refractivity contribution in [2.45, 2.75) is 20.0 Å². The molecule has 1 aliphatic heterocycles. The van der Waals surface area contributed by atoms with Crippen LogP contribution < -0.4 is 9.47 Å². The number of fused-ring (bicyclic) bond motifs is 1. The molecule has 1 heterocycles. The van der Waals surface area contributed by atoms with Crippen LogP contribution >= 0.6 is 0 Å². The number of Topliss-reactive ketones (excluding diaryl/α,β-unsaturated/α-hetero) is 1. The first-order valence-corrected chi connectivity index (χ1v) is 8.05. The Labute approximate surface area is 145 Å². The zero-order valence-electron chi connectivity index (χ0n) is 14.0. The maximum absolute atomic E-state index is 12.4. The van der Waals surface area contributed by atoms with Crippen LogP contribution in [0.5, 0.6) is 11.5 Å². The number of carbonyl (C=O) groups excluding carboxylic acids is 2. The predicted molar refractivity (Wildman–Crippen MR) is 92.5 cm³/mol. The van der Waals surface area contributed by atoms with Gasteiger partial charge in [-0.2, -0.15) is 0 Å². The maximum Gasteiger partial charge on any atom is 0.347 e. The summed E-state index contributed by atoms with van der Waals surface area (Å²) in [6.07, 6.45) is 0.957. The highest BCUT2D eigenvalue weighted by atomic mass is 16.6. The summed E-state index contributed by atoms with van der Waals surface area (Å²) < 4.78 is 16.1. The van der Waals surface area contributed by atoms with Crippen LogP contribution in [0.3, 0.4) is 0 Å². The van der Waals surface area contributed by atoms with Gasteiger partial charge in [0.1, 0.15) is 11.5 Å². The van der Waals surface area contributed by atoms with Crippen molar-refractivity contribution in [1.29, 1.82) is 0 Å². The van der Waals surface area contributed by atoms with E-state index >= 15 is 0 Å². The van der Waals surface area contributed by atoms with E-state index in [1.165, 1.54) is 0 Å². The summed E-state index contributed by atoms with van der Waals surface area (Å²) in [6, 6.07) is 14.4. The van der Waals surface area contributed by atoms with Gasteiger partial charge in [-0.1, -0.05) is 30.3 Å². The number of esters is 1. The third-order valence-electron chi connectivity index (χ3n) is 3.67. The smallest absolute Gasteiger partial charge is 0.347 e. The molecule has 0 radical (unpaired) electrons. The van der Waals surface area contributed by atoms with Crippen molar-refractivity contribution in [2.75, 3.05) is 6.61 Å². The SMILES string of the molecule is CCOC(=O)[C@@H](C)Oc1ccc2c(c1)OC(=Cc1ccccc1)C2=O. The molecule has 1 atom stereocenters. The number of rotatable bonds is 5. The molecule has 1 aliphatic rings. The van der Waals surface area contributed by atoms with E-state index in [1.54, 1.807) is 38.1 Å². The van der Waals surface area contributed by atoms with Crippen LogP contribution in [-0.2, 0) is 9.53 Å². The standard InChI is InChI=1S/C20H18O5/c1-3-23-20(22)13(2)24-15-9-10-16-17(12-15)25-18(19(16)21)11-14-7-5-4-6-8-14/h4-13H,3H2,1-2H3/t13-/m1/s1. The molecule has 0 aromatic heterocycles. The molecule has 128 valence electrons. The Bertz CT molecular complexity index is 823. The number of allylic oxidation sites excluding steroid dienone is 1. The lowest BCUT2D eigenvalue weighted by atomic mass is 10.1. The van der Waals surface area contributed by atoms with Gasteiger partial charge >= 0.3 is 5.97 Å². The van der Waals surface area contributed by atoms with Crippen LogP contribution in [0.25, 0.3) is 6.08 Å². The molecule has 0 unspecified atom stereocenters. The van der Waals surface area contributed by atoms with Gasteiger partial charge in [0.2, 0.25) is 5.78 Å². The molecule has 0 amide bonds. The van der Waals surface area contributed by atoms with Gasteiger partial charge in [-0.25, -0.2) is 4.79 Å². The van der Waals surface area contributed by atoms with E-state index in [-0.39, 0.29) is 11.5 Å². The summed E-state index contributed by atoms with van der Waals surface area (Å²) in [6.45, 7) is 3.64. The van der Waals surface area contributed by atoms with Crippen molar-refractivity contribution in [3.05, 3.63) is 65.4 Å². The van der Waals surface area contributed by atoms with Crippen LogP contribution in [0.2, 0.25) is 0 Å². The molecule has 5 nitrogen and oxygen atoms in total.